The molecule has 0 aromatic carbocycles. The van der Waals surface area contributed by atoms with E-state index in [0.29, 0.717) is 38.2 Å². The summed E-state index contributed by atoms with van der Waals surface area (Å²) in [6.45, 7) is 15.9. The summed E-state index contributed by atoms with van der Waals surface area (Å²) >= 11 is 0. The molecule has 158 valence electrons. The number of likely N-dealkylation sites (tertiary alicyclic amines) is 1. The second-order valence-corrected chi connectivity index (χ2v) is 8.72. The second kappa shape index (κ2) is 10.7. The number of nitrogens with two attached hydrogens (primary N) is 1. The van der Waals surface area contributed by atoms with Crippen LogP contribution in [0.2, 0.25) is 0 Å². The molecule has 2 rings (SSSR count). The number of aliphatic imine (C=N–C) groups is 1. The Kier molecular flexibility index (Phi) is 9.61. The van der Waals surface area contributed by atoms with Crippen molar-refractivity contribution in [2.45, 2.75) is 59.1 Å². The van der Waals surface area contributed by atoms with Gasteiger partial charge in [-0.3, -0.25) is 9.89 Å². The molecular weight excluding hydrogens is 457 g/mol. The van der Waals surface area contributed by atoms with E-state index in [1.165, 1.54) is 12.8 Å². The summed E-state index contributed by atoms with van der Waals surface area (Å²) in [5.74, 6) is 1.43. The van der Waals surface area contributed by atoms with Gasteiger partial charge in [-0.1, -0.05) is 6.92 Å². The number of carbonyl (C=O) groups is 1. The van der Waals surface area contributed by atoms with Crippen LogP contribution in [0.1, 0.15) is 47.5 Å². The summed E-state index contributed by atoms with van der Waals surface area (Å²) in [7, 11) is 0. The zero-order valence-electron chi connectivity index (χ0n) is 17.6. The summed E-state index contributed by atoms with van der Waals surface area (Å²) in [6.07, 6.45) is 2.30. The van der Waals surface area contributed by atoms with Crippen LogP contribution in [0.25, 0.3) is 0 Å². The lowest BCUT2D eigenvalue weighted by molar-refractivity contribution is 0.0186. The van der Waals surface area contributed by atoms with Crippen molar-refractivity contribution in [3.63, 3.8) is 0 Å². The van der Waals surface area contributed by atoms with Crippen molar-refractivity contribution in [2.75, 3.05) is 45.8 Å². The zero-order valence-corrected chi connectivity index (χ0v) is 19.9. The van der Waals surface area contributed by atoms with Crippen LogP contribution in [-0.2, 0) is 4.74 Å². The molecule has 2 saturated heterocycles. The summed E-state index contributed by atoms with van der Waals surface area (Å²) in [5.41, 5.74) is 5.73. The van der Waals surface area contributed by atoms with Crippen LogP contribution in [0.5, 0.6) is 0 Å². The largest absolute Gasteiger partial charge is 0.444 e. The topological polar surface area (TPSA) is 74.4 Å². The normalized spacial score (nSPS) is 21.6. The molecule has 0 bridgehead atoms. The van der Waals surface area contributed by atoms with Crippen molar-refractivity contribution in [3.05, 3.63) is 0 Å². The van der Waals surface area contributed by atoms with Crippen LogP contribution in [0, 0.1) is 5.92 Å². The van der Waals surface area contributed by atoms with Gasteiger partial charge < -0.3 is 20.3 Å². The van der Waals surface area contributed by atoms with Gasteiger partial charge in [0.05, 0.1) is 6.54 Å². The van der Waals surface area contributed by atoms with Gasteiger partial charge in [0.2, 0.25) is 0 Å². The van der Waals surface area contributed by atoms with Gasteiger partial charge in [0.15, 0.2) is 5.96 Å². The molecule has 27 heavy (non-hydrogen) atoms. The molecule has 2 aliphatic rings. The van der Waals surface area contributed by atoms with Gasteiger partial charge in [-0.15, -0.1) is 24.0 Å². The predicted molar refractivity (Wildman–Crippen MR) is 121 cm³/mol. The molecule has 7 nitrogen and oxygen atoms in total. The molecule has 0 aromatic rings. The highest BCUT2D eigenvalue weighted by molar-refractivity contribution is 14.0. The number of carbonyl (C=O) groups excluding carboxylic acids is 1. The Morgan fingerprint density at radius 3 is 2.15 bits per heavy atom. The third kappa shape index (κ3) is 8.01. The van der Waals surface area contributed by atoms with E-state index in [2.05, 4.69) is 28.6 Å². The van der Waals surface area contributed by atoms with Gasteiger partial charge in [0.25, 0.3) is 0 Å². The summed E-state index contributed by atoms with van der Waals surface area (Å²) in [5, 5.41) is 0. The lowest BCUT2D eigenvalue weighted by atomic mass is 9.98. The number of amides is 1. The molecule has 2 fully saturated rings. The standard InChI is InChI=1S/C19H37N5O2.HI/c1-15-6-8-22(9-7-15)16(2)14-21-17(20)23-10-12-24(13-11-23)18(25)26-19(3,4)5;/h15-16H,6-14H2,1-5H3,(H2,20,21);1H. The zero-order chi connectivity index (χ0) is 19.3. The molecule has 0 aromatic heterocycles. The second-order valence-electron chi connectivity index (χ2n) is 8.72. The third-order valence-corrected chi connectivity index (χ3v) is 5.21. The molecule has 1 unspecified atom stereocenters. The first-order chi connectivity index (χ1) is 12.2. The fourth-order valence-electron chi connectivity index (χ4n) is 3.36. The van der Waals surface area contributed by atoms with Crippen molar-refractivity contribution in [1.29, 1.82) is 0 Å². The number of piperazine rings is 1. The fourth-order valence-corrected chi connectivity index (χ4v) is 3.36. The summed E-state index contributed by atoms with van der Waals surface area (Å²) in [6, 6.07) is 0.420. The number of guanidine groups is 1. The van der Waals surface area contributed by atoms with E-state index in [0.717, 1.165) is 25.6 Å². The minimum Gasteiger partial charge on any atom is -0.444 e. The molecule has 0 radical (unpaired) electrons. The molecular formula is C19H38IN5O2. The maximum absolute atomic E-state index is 12.1. The Balaban J connectivity index is 0.00000364. The van der Waals surface area contributed by atoms with Gasteiger partial charge in [-0.2, -0.15) is 0 Å². The van der Waals surface area contributed by atoms with E-state index in [1.54, 1.807) is 4.90 Å². The first kappa shape index (κ1) is 24.3. The van der Waals surface area contributed by atoms with Gasteiger partial charge >= 0.3 is 6.09 Å². The predicted octanol–water partition coefficient (Wildman–Crippen LogP) is 2.59. The fraction of sp³-hybridized carbons (Fsp3) is 0.895. The van der Waals surface area contributed by atoms with Crippen molar-refractivity contribution >= 4 is 36.0 Å². The summed E-state index contributed by atoms with van der Waals surface area (Å²) < 4.78 is 5.43. The number of rotatable bonds is 3. The van der Waals surface area contributed by atoms with E-state index >= 15 is 0 Å². The minimum atomic E-state index is -0.461. The van der Waals surface area contributed by atoms with Crippen LogP contribution in [0.15, 0.2) is 4.99 Å². The molecule has 2 N–H and O–H groups in total. The van der Waals surface area contributed by atoms with E-state index < -0.39 is 5.60 Å². The number of hydrogen-bond acceptors (Lipinski definition) is 4. The lowest BCUT2D eigenvalue weighted by Crippen LogP contribution is -2.53. The average Bonchev–Trinajstić information content (AvgIpc) is 2.58. The highest BCUT2D eigenvalue weighted by Gasteiger charge is 2.26. The third-order valence-electron chi connectivity index (χ3n) is 5.21. The van der Waals surface area contributed by atoms with Crippen LogP contribution >= 0.6 is 24.0 Å². The Labute approximate surface area is 181 Å². The number of ether oxygens (including phenoxy) is 1. The molecule has 8 heteroatoms. The number of halogens is 1. The Morgan fingerprint density at radius 2 is 1.63 bits per heavy atom. The quantitative estimate of drug-likeness (QED) is 0.370. The van der Waals surface area contributed by atoms with Gasteiger partial charge in [-0.05, 0) is 59.5 Å². The summed E-state index contributed by atoms with van der Waals surface area (Å²) in [4.78, 5) is 23.1. The van der Waals surface area contributed by atoms with Gasteiger partial charge in [0.1, 0.15) is 5.60 Å². The molecule has 2 heterocycles. The van der Waals surface area contributed by atoms with E-state index in [9.17, 15) is 4.79 Å². The molecule has 2 aliphatic heterocycles. The van der Waals surface area contributed by atoms with E-state index in [1.807, 2.05) is 20.8 Å². The first-order valence-corrected chi connectivity index (χ1v) is 9.92. The molecule has 1 atom stereocenters. The van der Waals surface area contributed by atoms with Crippen LogP contribution < -0.4 is 5.73 Å². The molecule has 0 spiro atoms. The molecule has 0 aliphatic carbocycles. The number of nitrogens with zero attached hydrogens (tertiary/aromatic N) is 4. The highest BCUT2D eigenvalue weighted by Crippen LogP contribution is 2.18. The first-order valence-electron chi connectivity index (χ1n) is 9.92. The van der Waals surface area contributed by atoms with Crippen molar-refractivity contribution < 1.29 is 9.53 Å². The van der Waals surface area contributed by atoms with Crippen molar-refractivity contribution in [3.8, 4) is 0 Å². The average molecular weight is 495 g/mol. The number of piperidine rings is 1. The maximum atomic E-state index is 12.1. The molecule has 1 amide bonds. The van der Waals surface area contributed by atoms with Crippen LogP contribution in [0.4, 0.5) is 4.79 Å². The van der Waals surface area contributed by atoms with Crippen LogP contribution in [-0.4, -0.2) is 84.2 Å². The minimum absolute atomic E-state index is 0. The lowest BCUT2D eigenvalue weighted by Gasteiger charge is -2.36. The Hall–Kier alpha value is -0.770. The monoisotopic (exact) mass is 495 g/mol. The van der Waals surface area contributed by atoms with Crippen LogP contribution in [0.3, 0.4) is 0 Å². The molecule has 0 saturated carbocycles. The Morgan fingerprint density at radius 1 is 1.11 bits per heavy atom. The maximum Gasteiger partial charge on any atom is 0.410 e. The smallest absolute Gasteiger partial charge is 0.410 e. The SMILES string of the molecule is CC1CCN(C(C)CN=C(N)N2CCN(C(=O)OC(C)(C)C)CC2)CC1.I. The van der Waals surface area contributed by atoms with E-state index in [-0.39, 0.29) is 30.1 Å². The Bertz CT molecular complexity index is 493. The highest BCUT2D eigenvalue weighted by atomic mass is 127. The van der Waals surface area contributed by atoms with Crippen molar-refractivity contribution in [1.82, 2.24) is 14.7 Å². The van der Waals surface area contributed by atoms with Gasteiger partial charge in [0, 0.05) is 32.2 Å². The van der Waals surface area contributed by atoms with E-state index in [4.69, 9.17) is 10.5 Å². The van der Waals surface area contributed by atoms with Gasteiger partial charge in [-0.25, -0.2) is 4.79 Å². The number of hydrogen-bond donors (Lipinski definition) is 1. The van der Waals surface area contributed by atoms with Crippen molar-refractivity contribution in [2.24, 2.45) is 16.6 Å².